The Morgan fingerprint density at radius 2 is 2.05 bits per heavy atom. The molecule has 19 heavy (non-hydrogen) atoms. The van der Waals surface area contributed by atoms with Gasteiger partial charge in [-0.2, -0.15) is 5.10 Å². The van der Waals surface area contributed by atoms with Crippen molar-refractivity contribution in [2.45, 2.75) is 6.92 Å². The van der Waals surface area contributed by atoms with Crippen molar-refractivity contribution in [2.75, 3.05) is 5.73 Å². The molecule has 0 aliphatic rings. The molecular weight excluding hydrogens is 247 g/mol. The van der Waals surface area contributed by atoms with E-state index in [-0.39, 0.29) is 5.69 Å². The van der Waals surface area contributed by atoms with Crippen LogP contribution in [0.4, 0.5) is 10.1 Å². The minimum Gasteiger partial charge on any atom is -0.396 e. The summed E-state index contributed by atoms with van der Waals surface area (Å²) >= 11 is 0. The highest BCUT2D eigenvalue weighted by molar-refractivity contribution is 5.87. The molecule has 2 N–H and O–H groups in total. The molecule has 0 saturated heterocycles. The molecule has 0 atom stereocenters. The van der Waals surface area contributed by atoms with Gasteiger partial charge in [0.05, 0.1) is 29.5 Å². The average Bonchev–Trinajstić information content (AvgIpc) is 2.70. The summed E-state index contributed by atoms with van der Waals surface area (Å²) in [6.07, 6.45) is 2.74. The van der Waals surface area contributed by atoms with Gasteiger partial charge in [0, 0.05) is 7.05 Å². The summed E-state index contributed by atoms with van der Waals surface area (Å²) in [7, 11) is 1.77. The summed E-state index contributed by atoms with van der Waals surface area (Å²) in [6, 6.07) is 1.45. The van der Waals surface area contributed by atoms with Crippen molar-refractivity contribution in [1.82, 2.24) is 24.7 Å². The first kappa shape index (κ1) is 11.5. The molecule has 3 heterocycles. The van der Waals surface area contributed by atoms with Crippen molar-refractivity contribution in [1.29, 1.82) is 0 Å². The predicted molar refractivity (Wildman–Crippen MR) is 68.6 cm³/mol. The van der Waals surface area contributed by atoms with Gasteiger partial charge in [-0.15, -0.1) is 0 Å². The van der Waals surface area contributed by atoms with Crippen LogP contribution in [0, 0.1) is 12.7 Å². The fraction of sp³-hybridized carbons (Fsp3) is 0.167. The topological polar surface area (TPSA) is 82.5 Å². The summed E-state index contributed by atoms with van der Waals surface area (Å²) in [5.41, 5.74) is 8.65. The number of fused-ring (bicyclic) bond motifs is 1. The maximum Gasteiger partial charge on any atom is 0.177 e. The monoisotopic (exact) mass is 258 g/mol. The van der Waals surface area contributed by atoms with Crippen LogP contribution >= 0.6 is 0 Å². The largest absolute Gasteiger partial charge is 0.396 e. The van der Waals surface area contributed by atoms with E-state index in [1.165, 1.54) is 6.07 Å². The number of hydrogen-bond donors (Lipinski definition) is 1. The molecule has 3 aromatic heterocycles. The fourth-order valence-corrected chi connectivity index (χ4v) is 1.87. The van der Waals surface area contributed by atoms with Crippen LogP contribution in [0.25, 0.3) is 22.6 Å². The molecule has 0 fully saturated rings. The molecule has 7 heteroatoms. The lowest BCUT2D eigenvalue weighted by atomic mass is 10.2. The van der Waals surface area contributed by atoms with Crippen LogP contribution in [-0.2, 0) is 7.05 Å². The zero-order valence-electron chi connectivity index (χ0n) is 10.4. The molecule has 3 aromatic rings. The number of anilines is 1. The van der Waals surface area contributed by atoms with Gasteiger partial charge in [-0.3, -0.25) is 4.98 Å². The van der Waals surface area contributed by atoms with Gasteiger partial charge in [0.1, 0.15) is 11.2 Å². The first-order valence-corrected chi connectivity index (χ1v) is 5.64. The van der Waals surface area contributed by atoms with Crippen LogP contribution in [0.15, 0.2) is 18.5 Å². The molecule has 0 aromatic carbocycles. The Kier molecular flexibility index (Phi) is 2.41. The number of nitrogens with zero attached hydrogens (tertiary/aromatic N) is 5. The molecule has 0 bridgehead atoms. The van der Waals surface area contributed by atoms with E-state index in [1.807, 2.05) is 6.92 Å². The summed E-state index contributed by atoms with van der Waals surface area (Å²) in [4.78, 5) is 12.7. The molecule has 96 valence electrons. The predicted octanol–water partition coefficient (Wildman–Crippen LogP) is 1.46. The lowest BCUT2D eigenvalue weighted by Crippen LogP contribution is -1.95. The van der Waals surface area contributed by atoms with E-state index in [9.17, 15) is 4.39 Å². The van der Waals surface area contributed by atoms with Crippen molar-refractivity contribution in [2.24, 2.45) is 7.05 Å². The number of aromatic nitrogens is 5. The first-order valence-electron chi connectivity index (χ1n) is 5.64. The van der Waals surface area contributed by atoms with Crippen molar-refractivity contribution < 1.29 is 4.39 Å². The molecule has 0 unspecified atom stereocenters. The van der Waals surface area contributed by atoms with Gasteiger partial charge in [-0.1, -0.05) is 0 Å². The van der Waals surface area contributed by atoms with E-state index in [0.29, 0.717) is 22.6 Å². The Bertz CT molecular complexity index is 779. The van der Waals surface area contributed by atoms with Crippen molar-refractivity contribution in [3.8, 4) is 11.4 Å². The van der Waals surface area contributed by atoms with E-state index in [2.05, 4.69) is 20.1 Å². The zero-order valence-corrected chi connectivity index (χ0v) is 10.4. The zero-order chi connectivity index (χ0) is 13.6. The molecule has 0 radical (unpaired) electrons. The molecule has 6 nitrogen and oxygen atoms in total. The normalized spacial score (nSPS) is 11.1. The summed E-state index contributed by atoms with van der Waals surface area (Å²) in [5, 5.41) is 4.32. The fourth-order valence-electron chi connectivity index (χ4n) is 1.87. The molecule has 0 spiro atoms. The Labute approximate surface area is 108 Å². The lowest BCUT2D eigenvalue weighted by molar-refractivity contribution is 0.626. The standard InChI is InChI=1S/C12H11FN6/c1-6-4-16-12-11(17-6)10(18-19(12)2)9-3-8(14)7(13)5-15-9/h3-5H,1-2H3,(H2,14,15). The number of nitrogen functional groups attached to an aromatic ring is 1. The van der Waals surface area contributed by atoms with Gasteiger partial charge < -0.3 is 5.73 Å². The highest BCUT2D eigenvalue weighted by atomic mass is 19.1. The van der Waals surface area contributed by atoms with Crippen molar-refractivity contribution in [3.05, 3.63) is 30.0 Å². The molecule has 3 rings (SSSR count). The number of rotatable bonds is 1. The minimum absolute atomic E-state index is 0.0319. The third-order valence-electron chi connectivity index (χ3n) is 2.78. The SMILES string of the molecule is Cc1cnc2c(n1)c(-c1cc(N)c(F)cn1)nn2C. The van der Waals surface area contributed by atoms with Gasteiger partial charge in [0.2, 0.25) is 0 Å². The first-order chi connectivity index (χ1) is 9.06. The van der Waals surface area contributed by atoms with Crippen LogP contribution in [0.3, 0.4) is 0 Å². The highest BCUT2D eigenvalue weighted by Gasteiger charge is 2.15. The smallest absolute Gasteiger partial charge is 0.177 e. The van der Waals surface area contributed by atoms with E-state index in [4.69, 9.17) is 5.73 Å². The Morgan fingerprint density at radius 1 is 1.26 bits per heavy atom. The van der Waals surface area contributed by atoms with Crippen LogP contribution in [0.2, 0.25) is 0 Å². The maximum atomic E-state index is 13.2. The lowest BCUT2D eigenvalue weighted by Gasteiger charge is -1.99. The van der Waals surface area contributed by atoms with E-state index in [0.717, 1.165) is 11.9 Å². The van der Waals surface area contributed by atoms with Crippen LogP contribution in [0.5, 0.6) is 0 Å². The number of aryl methyl sites for hydroxylation is 2. The summed E-state index contributed by atoms with van der Waals surface area (Å²) in [5.74, 6) is -0.550. The Hall–Kier alpha value is -2.57. The number of pyridine rings is 1. The van der Waals surface area contributed by atoms with Crippen LogP contribution in [0.1, 0.15) is 5.69 Å². The third-order valence-corrected chi connectivity index (χ3v) is 2.78. The van der Waals surface area contributed by atoms with Crippen molar-refractivity contribution >= 4 is 16.9 Å². The second kappa shape index (κ2) is 3.98. The molecule has 0 saturated carbocycles. The van der Waals surface area contributed by atoms with Gasteiger partial charge in [0.25, 0.3) is 0 Å². The van der Waals surface area contributed by atoms with Gasteiger partial charge in [0.15, 0.2) is 11.5 Å². The van der Waals surface area contributed by atoms with Crippen LogP contribution in [-0.4, -0.2) is 24.7 Å². The third kappa shape index (κ3) is 1.79. The second-order valence-corrected chi connectivity index (χ2v) is 4.25. The summed E-state index contributed by atoms with van der Waals surface area (Å²) < 4.78 is 14.8. The van der Waals surface area contributed by atoms with E-state index < -0.39 is 5.82 Å². The maximum absolute atomic E-state index is 13.2. The molecule has 0 amide bonds. The summed E-state index contributed by atoms with van der Waals surface area (Å²) in [6.45, 7) is 1.84. The van der Waals surface area contributed by atoms with Crippen molar-refractivity contribution in [3.63, 3.8) is 0 Å². The molecule has 0 aliphatic heterocycles. The molecule has 0 aliphatic carbocycles. The molecular formula is C12H11FN6. The van der Waals surface area contributed by atoms with E-state index in [1.54, 1.807) is 17.9 Å². The average molecular weight is 258 g/mol. The minimum atomic E-state index is -0.550. The van der Waals surface area contributed by atoms with E-state index >= 15 is 0 Å². The number of nitrogens with two attached hydrogens (primary N) is 1. The Balaban J connectivity index is 2.29. The Morgan fingerprint density at radius 3 is 2.79 bits per heavy atom. The number of hydrogen-bond acceptors (Lipinski definition) is 5. The van der Waals surface area contributed by atoms with Gasteiger partial charge >= 0.3 is 0 Å². The highest BCUT2D eigenvalue weighted by Crippen LogP contribution is 2.25. The van der Waals surface area contributed by atoms with Gasteiger partial charge in [-0.25, -0.2) is 19.0 Å². The number of halogens is 1. The quantitative estimate of drug-likeness (QED) is 0.714. The second-order valence-electron chi connectivity index (χ2n) is 4.25. The van der Waals surface area contributed by atoms with Gasteiger partial charge in [-0.05, 0) is 13.0 Å². The van der Waals surface area contributed by atoms with Crippen LogP contribution < -0.4 is 5.73 Å².